The first-order valence-electron chi connectivity index (χ1n) is 7.74. The predicted octanol–water partition coefficient (Wildman–Crippen LogP) is 4.25. The van der Waals surface area contributed by atoms with E-state index in [-0.39, 0.29) is 5.56 Å². The molecule has 2 aromatic carbocycles. The van der Waals surface area contributed by atoms with E-state index in [2.05, 4.69) is 10.9 Å². The predicted molar refractivity (Wildman–Crippen MR) is 102 cm³/mol. The van der Waals surface area contributed by atoms with Crippen molar-refractivity contribution < 1.29 is 14.0 Å². The van der Waals surface area contributed by atoms with Gasteiger partial charge < -0.3 is 0 Å². The second kappa shape index (κ2) is 8.64. The molecule has 0 radical (unpaired) electrons. The second-order valence-electron chi connectivity index (χ2n) is 5.25. The standard InChI is InChI=1S/C19H15FN2O2S2/c20-16-9-3-1-7-14(16)18(23)21-22-19(24)15-8-2-4-10-17(15)26-12-13-6-5-11-25-13/h1-11H,12H2,(H,21,23)(H,22,24). The highest BCUT2D eigenvalue weighted by Gasteiger charge is 2.15. The van der Waals surface area contributed by atoms with Gasteiger partial charge in [0.15, 0.2) is 0 Å². The molecule has 0 saturated heterocycles. The van der Waals surface area contributed by atoms with Crippen molar-refractivity contribution >= 4 is 34.9 Å². The summed E-state index contributed by atoms with van der Waals surface area (Å²) < 4.78 is 13.6. The van der Waals surface area contributed by atoms with Crippen LogP contribution in [0.4, 0.5) is 4.39 Å². The second-order valence-corrected chi connectivity index (χ2v) is 7.30. The first kappa shape index (κ1) is 18.2. The van der Waals surface area contributed by atoms with E-state index < -0.39 is 17.6 Å². The highest BCUT2D eigenvalue weighted by atomic mass is 32.2. The van der Waals surface area contributed by atoms with Gasteiger partial charge in [-0.1, -0.05) is 30.3 Å². The summed E-state index contributed by atoms with van der Waals surface area (Å²) in [4.78, 5) is 26.4. The molecule has 0 aliphatic carbocycles. The van der Waals surface area contributed by atoms with Gasteiger partial charge in [0, 0.05) is 15.5 Å². The molecular weight excluding hydrogens is 371 g/mol. The van der Waals surface area contributed by atoms with Crippen LogP contribution in [-0.4, -0.2) is 11.8 Å². The minimum Gasteiger partial charge on any atom is -0.267 e. The molecule has 1 heterocycles. The molecule has 2 N–H and O–H groups in total. The van der Waals surface area contributed by atoms with Crippen molar-refractivity contribution in [2.45, 2.75) is 10.6 Å². The third-order valence-electron chi connectivity index (χ3n) is 3.49. The van der Waals surface area contributed by atoms with Gasteiger partial charge in [-0.2, -0.15) is 0 Å². The summed E-state index contributed by atoms with van der Waals surface area (Å²) in [6.45, 7) is 0. The number of amides is 2. The molecule has 0 fully saturated rings. The third kappa shape index (κ3) is 4.50. The molecule has 3 aromatic rings. The van der Waals surface area contributed by atoms with E-state index in [4.69, 9.17) is 0 Å². The SMILES string of the molecule is O=C(NNC(=O)c1ccccc1SCc1cccs1)c1ccccc1F. The van der Waals surface area contributed by atoms with Crippen LogP contribution in [0, 0.1) is 5.82 Å². The van der Waals surface area contributed by atoms with Gasteiger partial charge in [0.05, 0.1) is 11.1 Å². The molecule has 4 nitrogen and oxygen atoms in total. The zero-order valence-electron chi connectivity index (χ0n) is 13.6. The van der Waals surface area contributed by atoms with Crippen molar-refractivity contribution in [3.05, 3.63) is 87.9 Å². The molecule has 0 unspecified atom stereocenters. The van der Waals surface area contributed by atoms with Crippen LogP contribution in [0.3, 0.4) is 0 Å². The van der Waals surface area contributed by atoms with Crippen LogP contribution in [0.1, 0.15) is 25.6 Å². The van der Waals surface area contributed by atoms with Crippen LogP contribution in [-0.2, 0) is 5.75 Å². The Morgan fingerprint density at radius 1 is 0.885 bits per heavy atom. The van der Waals surface area contributed by atoms with Crippen molar-refractivity contribution in [1.29, 1.82) is 0 Å². The smallest absolute Gasteiger partial charge is 0.267 e. The van der Waals surface area contributed by atoms with Crippen molar-refractivity contribution in [3.8, 4) is 0 Å². The number of rotatable bonds is 5. The molecule has 1 aromatic heterocycles. The van der Waals surface area contributed by atoms with E-state index >= 15 is 0 Å². The van der Waals surface area contributed by atoms with E-state index in [1.807, 2.05) is 29.6 Å². The largest absolute Gasteiger partial charge is 0.272 e. The Bertz CT molecular complexity index is 913. The molecule has 26 heavy (non-hydrogen) atoms. The van der Waals surface area contributed by atoms with Crippen molar-refractivity contribution in [2.75, 3.05) is 0 Å². The summed E-state index contributed by atoms with van der Waals surface area (Å²) in [5, 5.41) is 2.01. The maximum atomic E-state index is 13.6. The number of thioether (sulfide) groups is 1. The average Bonchev–Trinajstić information content (AvgIpc) is 3.18. The molecule has 132 valence electrons. The van der Waals surface area contributed by atoms with Crippen molar-refractivity contribution in [2.24, 2.45) is 0 Å². The van der Waals surface area contributed by atoms with E-state index in [1.165, 1.54) is 23.1 Å². The lowest BCUT2D eigenvalue weighted by Gasteiger charge is -2.11. The first-order chi connectivity index (χ1) is 12.6. The van der Waals surface area contributed by atoms with Crippen molar-refractivity contribution in [1.82, 2.24) is 10.9 Å². The molecule has 2 amide bonds. The van der Waals surface area contributed by atoms with Crippen LogP contribution in [0.5, 0.6) is 0 Å². The molecule has 7 heteroatoms. The molecule has 0 saturated carbocycles. The monoisotopic (exact) mass is 386 g/mol. The van der Waals surface area contributed by atoms with Crippen LogP contribution in [0.2, 0.25) is 0 Å². The Balaban J connectivity index is 1.64. The molecule has 3 rings (SSSR count). The summed E-state index contributed by atoms with van der Waals surface area (Å²) >= 11 is 3.20. The Hall–Kier alpha value is -2.64. The first-order valence-corrected chi connectivity index (χ1v) is 9.61. The molecular formula is C19H15FN2O2S2. The number of benzene rings is 2. The van der Waals surface area contributed by atoms with Gasteiger partial charge in [-0.15, -0.1) is 23.1 Å². The number of hydrogen-bond acceptors (Lipinski definition) is 4. The highest BCUT2D eigenvalue weighted by molar-refractivity contribution is 7.98. The van der Waals surface area contributed by atoms with E-state index in [0.29, 0.717) is 5.56 Å². The van der Waals surface area contributed by atoms with Crippen LogP contribution in [0.15, 0.2) is 70.9 Å². The van der Waals surface area contributed by atoms with Gasteiger partial charge >= 0.3 is 0 Å². The fourth-order valence-corrected chi connectivity index (χ4v) is 4.04. The zero-order chi connectivity index (χ0) is 18.4. The topological polar surface area (TPSA) is 58.2 Å². The summed E-state index contributed by atoms with van der Waals surface area (Å²) in [5.41, 5.74) is 4.91. The van der Waals surface area contributed by atoms with E-state index in [0.717, 1.165) is 10.6 Å². The van der Waals surface area contributed by atoms with Crippen LogP contribution in [0.25, 0.3) is 0 Å². The highest BCUT2D eigenvalue weighted by Crippen LogP contribution is 2.27. The minimum atomic E-state index is -0.708. The quantitative estimate of drug-likeness (QED) is 0.509. The lowest BCUT2D eigenvalue weighted by atomic mass is 10.2. The number of hydrogen-bond donors (Lipinski definition) is 2. The molecule has 0 atom stereocenters. The Labute approximate surface area is 158 Å². The minimum absolute atomic E-state index is 0.131. The number of nitrogens with one attached hydrogen (secondary N) is 2. The Kier molecular flexibility index (Phi) is 6.04. The number of thiophene rings is 1. The maximum absolute atomic E-state index is 13.6. The van der Waals surface area contributed by atoms with Gasteiger partial charge in [0.25, 0.3) is 11.8 Å². The maximum Gasteiger partial charge on any atom is 0.272 e. The lowest BCUT2D eigenvalue weighted by Crippen LogP contribution is -2.42. The van der Waals surface area contributed by atoms with Crippen molar-refractivity contribution in [3.63, 3.8) is 0 Å². The number of hydrazine groups is 1. The van der Waals surface area contributed by atoms with Gasteiger partial charge in [0.2, 0.25) is 0 Å². The Morgan fingerprint density at radius 3 is 2.23 bits per heavy atom. The number of carbonyl (C=O) groups excluding carboxylic acids is 2. The van der Waals surface area contributed by atoms with E-state index in [1.54, 1.807) is 41.3 Å². The van der Waals surface area contributed by atoms with Crippen LogP contribution >= 0.6 is 23.1 Å². The average molecular weight is 386 g/mol. The van der Waals surface area contributed by atoms with Gasteiger partial charge in [-0.05, 0) is 35.7 Å². The summed E-state index contributed by atoms with van der Waals surface area (Å²) in [6.07, 6.45) is 0. The summed E-state index contributed by atoms with van der Waals surface area (Å²) in [6, 6.07) is 16.7. The van der Waals surface area contributed by atoms with Crippen LogP contribution < -0.4 is 10.9 Å². The molecule has 0 aliphatic heterocycles. The fraction of sp³-hybridized carbons (Fsp3) is 0.0526. The number of carbonyl (C=O) groups is 2. The van der Waals surface area contributed by atoms with Gasteiger partial charge in [0.1, 0.15) is 5.82 Å². The molecule has 0 bridgehead atoms. The molecule has 0 spiro atoms. The Morgan fingerprint density at radius 2 is 1.54 bits per heavy atom. The van der Waals surface area contributed by atoms with E-state index in [9.17, 15) is 14.0 Å². The number of halogens is 1. The zero-order valence-corrected chi connectivity index (χ0v) is 15.2. The fourth-order valence-electron chi connectivity index (χ4n) is 2.22. The lowest BCUT2D eigenvalue weighted by molar-refractivity contribution is 0.0842. The normalized spacial score (nSPS) is 10.3. The summed E-state index contributed by atoms with van der Waals surface area (Å²) in [5.74, 6) is -1.06. The van der Waals surface area contributed by atoms with Gasteiger partial charge in [-0.3, -0.25) is 20.4 Å². The van der Waals surface area contributed by atoms with Gasteiger partial charge in [-0.25, -0.2) is 4.39 Å². The summed E-state index contributed by atoms with van der Waals surface area (Å²) in [7, 11) is 0. The third-order valence-corrected chi connectivity index (χ3v) is 5.67. The molecule has 0 aliphatic rings.